The molecule has 0 bridgehead atoms. The van der Waals surface area contributed by atoms with Crippen molar-refractivity contribution < 1.29 is 0 Å². The van der Waals surface area contributed by atoms with Crippen LogP contribution in [0, 0.1) is 0 Å². The van der Waals surface area contributed by atoms with Gasteiger partial charge in [0.05, 0.1) is 5.52 Å². The topological polar surface area (TPSA) is 29.0 Å². The zero-order valence-electron chi connectivity index (χ0n) is 12.8. The summed E-state index contributed by atoms with van der Waals surface area (Å²) < 4.78 is 0. The van der Waals surface area contributed by atoms with E-state index in [1.165, 1.54) is 0 Å². The van der Waals surface area contributed by atoms with Gasteiger partial charge in [-0.1, -0.05) is 48.5 Å². The first kappa shape index (κ1) is 14.7. The van der Waals surface area contributed by atoms with Crippen LogP contribution in [0.25, 0.3) is 10.9 Å². The van der Waals surface area contributed by atoms with Crippen molar-refractivity contribution in [3.63, 3.8) is 0 Å². The van der Waals surface area contributed by atoms with Crippen molar-refractivity contribution >= 4 is 39.7 Å². The molecule has 4 rings (SSSR count). The van der Waals surface area contributed by atoms with E-state index in [4.69, 9.17) is 11.6 Å². The summed E-state index contributed by atoms with van der Waals surface area (Å²) in [5, 5.41) is 1.19. The minimum Gasteiger partial charge on any atom is -0.294 e. The normalized spacial score (nSPS) is 10.7. The van der Waals surface area contributed by atoms with Crippen LogP contribution in [0.2, 0.25) is 5.28 Å². The third-order valence-electron chi connectivity index (χ3n) is 3.80. The molecule has 0 unspecified atom stereocenters. The molecule has 0 atom stereocenters. The van der Waals surface area contributed by atoms with Gasteiger partial charge in [-0.3, -0.25) is 4.90 Å². The molecule has 3 aromatic carbocycles. The smallest absolute Gasteiger partial charge is 0.224 e. The van der Waals surface area contributed by atoms with E-state index in [-0.39, 0.29) is 5.28 Å². The van der Waals surface area contributed by atoms with Crippen molar-refractivity contribution in [2.45, 2.75) is 0 Å². The summed E-state index contributed by atoms with van der Waals surface area (Å²) in [6, 6.07) is 28.1. The van der Waals surface area contributed by atoms with Crippen LogP contribution in [-0.4, -0.2) is 9.97 Å². The molecule has 0 spiro atoms. The highest BCUT2D eigenvalue weighted by Crippen LogP contribution is 2.37. The van der Waals surface area contributed by atoms with Gasteiger partial charge in [0.25, 0.3) is 0 Å². The Morgan fingerprint density at radius 2 is 1.17 bits per heavy atom. The highest BCUT2D eigenvalue weighted by Gasteiger charge is 2.17. The Hall–Kier alpha value is -2.91. The molecule has 0 aliphatic rings. The van der Waals surface area contributed by atoms with E-state index in [0.29, 0.717) is 0 Å². The number of hydrogen-bond acceptors (Lipinski definition) is 3. The van der Waals surface area contributed by atoms with Crippen LogP contribution in [0.3, 0.4) is 0 Å². The second kappa shape index (κ2) is 6.30. The van der Waals surface area contributed by atoms with Crippen LogP contribution in [0.4, 0.5) is 17.2 Å². The first-order valence-corrected chi connectivity index (χ1v) is 8.03. The molecular formula is C20H14ClN3. The monoisotopic (exact) mass is 331 g/mol. The van der Waals surface area contributed by atoms with Crippen molar-refractivity contribution in [2.75, 3.05) is 4.90 Å². The summed E-state index contributed by atoms with van der Waals surface area (Å²) in [5.74, 6) is 0.767. The maximum atomic E-state index is 6.19. The van der Waals surface area contributed by atoms with Crippen LogP contribution >= 0.6 is 11.6 Å². The summed E-state index contributed by atoms with van der Waals surface area (Å²) in [6.07, 6.45) is 0. The minimum absolute atomic E-state index is 0.237. The Kier molecular flexibility index (Phi) is 3.85. The lowest BCUT2D eigenvalue weighted by atomic mass is 10.2. The fourth-order valence-corrected chi connectivity index (χ4v) is 2.92. The predicted octanol–water partition coefficient (Wildman–Crippen LogP) is 5.75. The van der Waals surface area contributed by atoms with Crippen LogP contribution < -0.4 is 4.90 Å². The van der Waals surface area contributed by atoms with E-state index in [1.807, 2.05) is 60.7 Å². The number of rotatable bonds is 3. The van der Waals surface area contributed by atoms with Gasteiger partial charge in [-0.05, 0) is 48.0 Å². The number of fused-ring (bicyclic) bond motifs is 1. The summed E-state index contributed by atoms with van der Waals surface area (Å²) >= 11 is 6.19. The molecule has 3 nitrogen and oxygen atoms in total. The van der Waals surface area contributed by atoms with E-state index in [1.54, 1.807) is 0 Å². The summed E-state index contributed by atoms with van der Waals surface area (Å²) in [7, 11) is 0. The molecule has 0 N–H and O–H groups in total. The second-order valence-corrected chi connectivity index (χ2v) is 5.68. The number of anilines is 3. The molecule has 1 aromatic heterocycles. The molecule has 0 saturated carbocycles. The van der Waals surface area contributed by atoms with Gasteiger partial charge in [0, 0.05) is 16.8 Å². The highest BCUT2D eigenvalue weighted by atomic mass is 35.5. The van der Waals surface area contributed by atoms with Gasteiger partial charge in [-0.25, -0.2) is 4.98 Å². The first-order valence-electron chi connectivity index (χ1n) is 7.65. The van der Waals surface area contributed by atoms with Crippen molar-refractivity contribution in [2.24, 2.45) is 0 Å². The minimum atomic E-state index is 0.237. The van der Waals surface area contributed by atoms with Crippen LogP contribution in [-0.2, 0) is 0 Å². The van der Waals surface area contributed by atoms with Crippen molar-refractivity contribution in [1.29, 1.82) is 0 Å². The predicted molar refractivity (Wildman–Crippen MR) is 99.2 cm³/mol. The van der Waals surface area contributed by atoms with E-state index in [0.717, 1.165) is 28.1 Å². The average molecular weight is 332 g/mol. The van der Waals surface area contributed by atoms with Gasteiger partial charge < -0.3 is 0 Å². The SMILES string of the molecule is Clc1nc(N(c2ccccc2)c2ccccc2)c2ccccc2n1. The molecule has 0 aliphatic heterocycles. The van der Waals surface area contributed by atoms with E-state index in [2.05, 4.69) is 39.1 Å². The van der Waals surface area contributed by atoms with Gasteiger partial charge in [0.1, 0.15) is 0 Å². The number of halogens is 1. The Bertz CT molecular complexity index is 932. The third kappa shape index (κ3) is 2.70. The standard InChI is InChI=1S/C20H14ClN3/c21-20-22-18-14-8-7-13-17(18)19(23-20)24(15-9-3-1-4-10-15)16-11-5-2-6-12-16/h1-14H. The molecule has 0 fully saturated rings. The lowest BCUT2D eigenvalue weighted by Crippen LogP contribution is -2.12. The maximum Gasteiger partial charge on any atom is 0.224 e. The largest absolute Gasteiger partial charge is 0.294 e. The quantitative estimate of drug-likeness (QED) is 0.447. The Balaban J connectivity index is 2.02. The van der Waals surface area contributed by atoms with Crippen LogP contribution in [0.15, 0.2) is 84.9 Å². The second-order valence-electron chi connectivity index (χ2n) is 5.34. The molecule has 0 radical (unpaired) electrons. The number of nitrogens with zero attached hydrogens (tertiary/aromatic N) is 3. The highest BCUT2D eigenvalue weighted by molar-refractivity contribution is 6.29. The Morgan fingerprint density at radius 1 is 0.625 bits per heavy atom. The summed E-state index contributed by atoms with van der Waals surface area (Å²) in [4.78, 5) is 11.0. The third-order valence-corrected chi connectivity index (χ3v) is 3.97. The molecule has 0 saturated heterocycles. The molecule has 4 aromatic rings. The molecule has 1 heterocycles. The Morgan fingerprint density at radius 3 is 1.79 bits per heavy atom. The van der Waals surface area contributed by atoms with Crippen LogP contribution in [0.5, 0.6) is 0 Å². The van der Waals surface area contributed by atoms with E-state index >= 15 is 0 Å². The van der Waals surface area contributed by atoms with E-state index in [9.17, 15) is 0 Å². The fraction of sp³-hybridized carbons (Fsp3) is 0. The van der Waals surface area contributed by atoms with E-state index < -0.39 is 0 Å². The van der Waals surface area contributed by atoms with Crippen molar-refractivity contribution in [1.82, 2.24) is 9.97 Å². The Labute approximate surface area is 145 Å². The lowest BCUT2D eigenvalue weighted by molar-refractivity contribution is 1.15. The molecule has 24 heavy (non-hydrogen) atoms. The zero-order valence-corrected chi connectivity index (χ0v) is 13.6. The number of aromatic nitrogens is 2. The number of hydrogen-bond donors (Lipinski definition) is 0. The molecule has 116 valence electrons. The molecule has 0 amide bonds. The lowest BCUT2D eigenvalue weighted by Gasteiger charge is -2.25. The van der Waals surface area contributed by atoms with Gasteiger partial charge in [0.2, 0.25) is 5.28 Å². The summed E-state index contributed by atoms with van der Waals surface area (Å²) in [5.41, 5.74) is 2.86. The van der Waals surface area contributed by atoms with Gasteiger partial charge in [-0.15, -0.1) is 0 Å². The fourth-order valence-electron chi connectivity index (χ4n) is 2.75. The van der Waals surface area contributed by atoms with Crippen molar-refractivity contribution in [3.05, 3.63) is 90.2 Å². The number of para-hydroxylation sites is 3. The molecular weight excluding hydrogens is 318 g/mol. The first-order chi connectivity index (χ1) is 11.8. The maximum absolute atomic E-state index is 6.19. The van der Waals surface area contributed by atoms with Crippen LogP contribution in [0.1, 0.15) is 0 Å². The number of benzene rings is 3. The molecule has 4 heteroatoms. The average Bonchev–Trinajstić information content (AvgIpc) is 2.63. The summed E-state index contributed by atoms with van der Waals surface area (Å²) in [6.45, 7) is 0. The molecule has 0 aliphatic carbocycles. The van der Waals surface area contributed by atoms with Gasteiger partial charge >= 0.3 is 0 Å². The van der Waals surface area contributed by atoms with Crippen molar-refractivity contribution in [3.8, 4) is 0 Å². The zero-order chi connectivity index (χ0) is 16.4. The van der Waals surface area contributed by atoms with Gasteiger partial charge in [0.15, 0.2) is 5.82 Å². The van der Waals surface area contributed by atoms with Gasteiger partial charge in [-0.2, -0.15) is 4.98 Å².